The number of nitrogens with one attached hydrogen (secondary N) is 1. The third-order valence-corrected chi connectivity index (χ3v) is 4.86. The molecule has 2 aliphatic rings. The van der Waals surface area contributed by atoms with Gasteiger partial charge in [-0.15, -0.1) is 0 Å². The Hall–Kier alpha value is -0.650. The zero-order valence-electron chi connectivity index (χ0n) is 13.2. The van der Waals surface area contributed by atoms with Gasteiger partial charge >= 0.3 is 0 Å². The average Bonchev–Trinajstić information content (AvgIpc) is 3.14. The smallest absolute Gasteiger partial charge is 0.239 e. The zero-order valence-corrected chi connectivity index (χ0v) is 13.2. The van der Waals surface area contributed by atoms with Crippen LogP contribution in [0.4, 0.5) is 0 Å². The van der Waals surface area contributed by atoms with Crippen molar-refractivity contribution >= 4 is 5.91 Å². The summed E-state index contributed by atoms with van der Waals surface area (Å²) in [5.41, 5.74) is 5.28. The first-order valence-electron chi connectivity index (χ1n) is 7.93. The second kappa shape index (κ2) is 6.41. The van der Waals surface area contributed by atoms with Crippen LogP contribution in [0.3, 0.4) is 0 Å². The second-order valence-corrected chi connectivity index (χ2v) is 6.68. The lowest BCUT2D eigenvalue weighted by Gasteiger charge is -2.36. The monoisotopic (exact) mass is 282 g/mol. The van der Waals surface area contributed by atoms with Crippen LogP contribution in [0.25, 0.3) is 0 Å². The van der Waals surface area contributed by atoms with Crippen LogP contribution >= 0.6 is 0 Å². The van der Waals surface area contributed by atoms with Gasteiger partial charge in [-0.05, 0) is 58.8 Å². The minimum absolute atomic E-state index is 0.165. The van der Waals surface area contributed by atoms with Crippen LogP contribution in [0, 0.1) is 5.92 Å². The number of amides is 1. The van der Waals surface area contributed by atoms with E-state index in [1.165, 1.54) is 6.42 Å². The van der Waals surface area contributed by atoms with Crippen molar-refractivity contribution in [3.8, 4) is 0 Å². The van der Waals surface area contributed by atoms with Gasteiger partial charge in [0.05, 0.1) is 0 Å². The summed E-state index contributed by atoms with van der Waals surface area (Å²) in [6.45, 7) is 5.88. The Morgan fingerprint density at radius 1 is 1.40 bits per heavy atom. The molecule has 5 heteroatoms. The Morgan fingerprint density at radius 3 is 2.55 bits per heavy atom. The topological polar surface area (TPSA) is 61.6 Å². The number of nitrogens with zero attached hydrogens (tertiary/aromatic N) is 2. The van der Waals surface area contributed by atoms with E-state index in [9.17, 15) is 4.79 Å². The number of nitrogens with two attached hydrogens (primary N) is 1. The van der Waals surface area contributed by atoms with E-state index in [1.807, 2.05) is 0 Å². The van der Waals surface area contributed by atoms with Gasteiger partial charge in [0.25, 0.3) is 0 Å². The molecule has 5 nitrogen and oxygen atoms in total. The fourth-order valence-corrected chi connectivity index (χ4v) is 3.35. The lowest BCUT2D eigenvalue weighted by Crippen LogP contribution is -2.63. The molecule has 1 amide bonds. The molecule has 0 bridgehead atoms. The molecule has 2 fully saturated rings. The number of carbonyl (C=O) groups is 1. The summed E-state index contributed by atoms with van der Waals surface area (Å²) in [6.07, 6.45) is 4.47. The van der Waals surface area contributed by atoms with E-state index >= 15 is 0 Å². The number of likely N-dealkylation sites (tertiary alicyclic amines) is 1. The van der Waals surface area contributed by atoms with E-state index in [0.717, 1.165) is 45.4 Å². The summed E-state index contributed by atoms with van der Waals surface area (Å²) in [4.78, 5) is 16.8. The normalized spacial score (nSPS) is 26.9. The van der Waals surface area contributed by atoms with Crippen molar-refractivity contribution in [3.63, 3.8) is 0 Å². The van der Waals surface area contributed by atoms with Crippen molar-refractivity contribution in [2.75, 3.05) is 40.3 Å². The first kappa shape index (κ1) is 15.7. The maximum atomic E-state index is 12.1. The van der Waals surface area contributed by atoms with E-state index in [4.69, 9.17) is 5.73 Å². The molecule has 3 N–H and O–H groups in total. The largest absolute Gasteiger partial charge is 0.368 e. The van der Waals surface area contributed by atoms with Crippen molar-refractivity contribution in [1.29, 1.82) is 0 Å². The number of hydrogen-bond acceptors (Lipinski definition) is 4. The molecule has 1 aliphatic carbocycles. The summed E-state index contributed by atoms with van der Waals surface area (Å²) in [5, 5.41) is 3.49. The lowest BCUT2D eigenvalue weighted by atomic mass is 9.91. The molecule has 1 saturated carbocycles. The number of carbonyl (C=O) groups excluding carboxylic acids is 1. The molecular formula is C15H30N4O. The van der Waals surface area contributed by atoms with E-state index in [2.05, 4.69) is 36.1 Å². The quantitative estimate of drug-likeness (QED) is 0.670. The van der Waals surface area contributed by atoms with E-state index in [0.29, 0.717) is 12.0 Å². The standard InChI is InChI=1S/C15H30N4O/c1-4-8-17-15(14(16)20,12-5-6-12)11-19-9-7-13(10-19)18(2)3/h12-13,17H,4-11H2,1-3H3,(H2,16,20). The van der Waals surface area contributed by atoms with Gasteiger partial charge in [-0.3, -0.25) is 9.69 Å². The number of hydrogen-bond donors (Lipinski definition) is 2. The molecule has 0 radical (unpaired) electrons. The Balaban J connectivity index is 2.02. The summed E-state index contributed by atoms with van der Waals surface area (Å²) < 4.78 is 0. The third kappa shape index (κ3) is 3.32. The van der Waals surface area contributed by atoms with Crippen LogP contribution < -0.4 is 11.1 Å². The summed E-state index contributed by atoms with van der Waals surface area (Å²) in [7, 11) is 4.26. The molecule has 2 rings (SSSR count). The molecule has 1 heterocycles. The Bertz CT molecular complexity index is 343. The highest BCUT2D eigenvalue weighted by molar-refractivity contribution is 5.86. The van der Waals surface area contributed by atoms with Crippen molar-refractivity contribution in [2.45, 2.75) is 44.2 Å². The van der Waals surface area contributed by atoms with Crippen molar-refractivity contribution < 1.29 is 4.79 Å². The molecule has 20 heavy (non-hydrogen) atoms. The Labute approximate surface area is 122 Å². The molecule has 0 aromatic heterocycles. The second-order valence-electron chi connectivity index (χ2n) is 6.68. The average molecular weight is 282 g/mol. The SMILES string of the molecule is CCCNC(CN1CCC(N(C)C)C1)(C(N)=O)C1CC1. The predicted octanol–water partition coefficient (Wildman–Crippen LogP) is 0.256. The number of primary amides is 1. The summed E-state index contributed by atoms with van der Waals surface area (Å²) in [6, 6.07) is 0.603. The maximum Gasteiger partial charge on any atom is 0.239 e. The minimum atomic E-state index is -0.503. The van der Waals surface area contributed by atoms with Crippen LogP contribution in [0.15, 0.2) is 0 Å². The van der Waals surface area contributed by atoms with E-state index in [-0.39, 0.29) is 5.91 Å². The van der Waals surface area contributed by atoms with Crippen LogP contribution in [0.5, 0.6) is 0 Å². The fraction of sp³-hybridized carbons (Fsp3) is 0.933. The minimum Gasteiger partial charge on any atom is -0.368 e. The molecule has 2 atom stereocenters. The number of rotatable bonds is 8. The van der Waals surface area contributed by atoms with Gasteiger partial charge in [0.15, 0.2) is 0 Å². The highest BCUT2D eigenvalue weighted by atomic mass is 16.1. The molecule has 1 saturated heterocycles. The van der Waals surface area contributed by atoms with Crippen LogP contribution in [0.2, 0.25) is 0 Å². The first-order valence-corrected chi connectivity index (χ1v) is 7.93. The Morgan fingerprint density at radius 2 is 2.10 bits per heavy atom. The molecule has 2 unspecified atom stereocenters. The molecule has 116 valence electrons. The Kier molecular flexibility index (Phi) is 5.04. The molecule has 0 spiro atoms. The maximum absolute atomic E-state index is 12.1. The third-order valence-electron chi connectivity index (χ3n) is 4.86. The summed E-state index contributed by atoms with van der Waals surface area (Å²) >= 11 is 0. The summed E-state index contributed by atoms with van der Waals surface area (Å²) in [5.74, 6) is 0.270. The van der Waals surface area contributed by atoms with Crippen molar-refractivity contribution in [3.05, 3.63) is 0 Å². The lowest BCUT2D eigenvalue weighted by molar-refractivity contribution is -0.126. The van der Waals surface area contributed by atoms with Gasteiger partial charge in [-0.25, -0.2) is 0 Å². The van der Waals surface area contributed by atoms with E-state index < -0.39 is 5.54 Å². The molecule has 1 aliphatic heterocycles. The first-order chi connectivity index (χ1) is 9.49. The predicted molar refractivity (Wildman–Crippen MR) is 81.5 cm³/mol. The van der Waals surface area contributed by atoms with Gasteiger partial charge in [0, 0.05) is 19.1 Å². The van der Waals surface area contributed by atoms with Gasteiger partial charge < -0.3 is 16.0 Å². The highest BCUT2D eigenvalue weighted by Gasteiger charge is 2.50. The van der Waals surface area contributed by atoms with Gasteiger partial charge in [-0.1, -0.05) is 6.92 Å². The molecular weight excluding hydrogens is 252 g/mol. The van der Waals surface area contributed by atoms with Crippen molar-refractivity contribution in [1.82, 2.24) is 15.1 Å². The number of likely N-dealkylation sites (N-methyl/N-ethyl adjacent to an activating group) is 1. The molecule has 0 aromatic carbocycles. The fourth-order valence-electron chi connectivity index (χ4n) is 3.35. The van der Waals surface area contributed by atoms with E-state index in [1.54, 1.807) is 0 Å². The zero-order chi connectivity index (χ0) is 14.8. The van der Waals surface area contributed by atoms with Gasteiger partial charge in [0.2, 0.25) is 5.91 Å². The van der Waals surface area contributed by atoms with Crippen LogP contribution in [-0.2, 0) is 4.79 Å². The molecule has 0 aromatic rings. The van der Waals surface area contributed by atoms with Gasteiger partial charge in [0.1, 0.15) is 5.54 Å². The van der Waals surface area contributed by atoms with Crippen molar-refractivity contribution in [2.24, 2.45) is 11.7 Å². The van der Waals surface area contributed by atoms with Crippen LogP contribution in [0.1, 0.15) is 32.6 Å². The van der Waals surface area contributed by atoms with Gasteiger partial charge in [-0.2, -0.15) is 0 Å². The van der Waals surface area contributed by atoms with Crippen LogP contribution in [-0.4, -0.2) is 67.6 Å². The highest BCUT2D eigenvalue weighted by Crippen LogP contribution is 2.40.